The minimum atomic E-state index is -4.26. The predicted molar refractivity (Wildman–Crippen MR) is 180 cm³/mol. The van der Waals surface area contributed by atoms with Crippen molar-refractivity contribution in [2.24, 2.45) is 0 Å². The van der Waals surface area contributed by atoms with Gasteiger partial charge in [0.1, 0.15) is 0 Å². The van der Waals surface area contributed by atoms with Crippen LogP contribution in [0.5, 0.6) is 5.75 Å². The fourth-order valence-corrected chi connectivity index (χ4v) is 7.33. The van der Waals surface area contributed by atoms with Crippen molar-refractivity contribution in [1.29, 1.82) is 0 Å². The third-order valence-corrected chi connectivity index (χ3v) is 10.3. The lowest BCUT2D eigenvalue weighted by Gasteiger charge is -2.24. The van der Waals surface area contributed by atoms with Crippen LogP contribution in [0, 0.1) is 0 Å². The molecule has 3 aromatic rings. The number of anilines is 1. The van der Waals surface area contributed by atoms with Crippen molar-refractivity contribution in [3.8, 4) is 5.75 Å². The average Bonchev–Trinajstić information content (AvgIpc) is 3.47. The van der Waals surface area contributed by atoms with Crippen LogP contribution in [-0.2, 0) is 14.8 Å². The van der Waals surface area contributed by atoms with Gasteiger partial charge in [0.2, 0.25) is 5.91 Å². The molecule has 2 saturated heterocycles. The first-order valence-corrected chi connectivity index (χ1v) is 17.7. The fraction of sp³-hybridized carbons (Fsp3) is 0.394. The monoisotopic (exact) mass is 687 g/mol. The number of para-hydroxylation sites is 1. The van der Waals surface area contributed by atoms with Crippen LogP contribution in [0.2, 0.25) is 10.0 Å². The molecule has 0 aliphatic carbocycles. The SMILES string of the molecule is O=C(NCC(=O)N1CCCN(CCCN2CCCC2)CC1)c1ccc(S(=O)(=O)N(Oc2ccc(Cl)cc2Cl)c2ccccc2)cc1. The summed E-state index contributed by atoms with van der Waals surface area (Å²) in [5.41, 5.74) is 0.465. The van der Waals surface area contributed by atoms with E-state index < -0.39 is 15.9 Å². The number of likely N-dealkylation sites (tertiary alicyclic amines) is 1. The molecule has 2 heterocycles. The first kappa shape index (κ1) is 34.0. The van der Waals surface area contributed by atoms with Gasteiger partial charge in [0.15, 0.2) is 5.75 Å². The molecule has 2 aliphatic heterocycles. The number of nitrogens with one attached hydrogen (secondary N) is 1. The van der Waals surface area contributed by atoms with Gasteiger partial charge in [0, 0.05) is 30.2 Å². The maximum absolute atomic E-state index is 13.7. The molecule has 0 saturated carbocycles. The number of halogens is 2. The number of rotatable bonds is 12. The summed E-state index contributed by atoms with van der Waals surface area (Å²) in [6, 6.07) is 18.2. The Balaban J connectivity index is 1.16. The molecule has 2 aliphatic rings. The van der Waals surface area contributed by atoms with Gasteiger partial charge in [0.05, 0.1) is 22.2 Å². The Morgan fingerprint density at radius 1 is 0.804 bits per heavy atom. The van der Waals surface area contributed by atoms with Crippen molar-refractivity contribution in [2.75, 3.05) is 63.4 Å². The van der Waals surface area contributed by atoms with Crippen molar-refractivity contribution in [3.63, 3.8) is 0 Å². The van der Waals surface area contributed by atoms with E-state index in [1.54, 1.807) is 30.3 Å². The molecule has 0 aromatic heterocycles. The molecular weight excluding hydrogens is 649 g/mol. The van der Waals surface area contributed by atoms with Gasteiger partial charge >= 0.3 is 0 Å². The topological polar surface area (TPSA) is 102 Å². The standard InChI is InChI=1S/C33H39Cl2N5O5S/c34-27-12-15-31(30(35)24-27)45-40(28-8-2-1-3-9-28)46(43,44)29-13-10-26(11-14-29)33(42)36-25-32(41)39-21-7-20-38(22-23-39)19-6-18-37-16-4-5-17-37/h1-3,8-15,24H,4-7,16-23,25H2,(H,36,42). The van der Waals surface area contributed by atoms with Gasteiger partial charge in [-0.1, -0.05) is 45.9 Å². The Labute approximate surface area is 280 Å². The van der Waals surface area contributed by atoms with Crippen LogP contribution in [0.4, 0.5) is 5.69 Å². The summed E-state index contributed by atoms with van der Waals surface area (Å²) in [5.74, 6) is -0.517. The van der Waals surface area contributed by atoms with Crippen molar-refractivity contribution < 1.29 is 22.8 Å². The molecule has 13 heteroatoms. The molecule has 0 bridgehead atoms. The van der Waals surface area contributed by atoms with Crippen molar-refractivity contribution in [2.45, 2.75) is 30.6 Å². The second kappa shape index (κ2) is 16.0. The molecule has 0 spiro atoms. The highest BCUT2D eigenvalue weighted by molar-refractivity contribution is 7.92. The number of carbonyl (C=O) groups is 2. The van der Waals surface area contributed by atoms with Crippen LogP contribution < -0.4 is 14.6 Å². The molecule has 46 heavy (non-hydrogen) atoms. The third-order valence-electron chi connectivity index (χ3n) is 8.16. The summed E-state index contributed by atoms with van der Waals surface area (Å²) in [6.45, 7) is 7.53. The van der Waals surface area contributed by atoms with E-state index >= 15 is 0 Å². The van der Waals surface area contributed by atoms with Crippen molar-refractivity contribution in [3.05, 3.63) is 88.4 Å². The van der Waals surface area contributed by atoms with E-state index in [2.05, 4.69) is 15.1 Å². The molecule has 3 aromatic carbocycles. The van der Waals surface area contributed by atoms with Gasteiger partial charge < -0.3 is 24.9 Å². The summed E-state index contributed by atoms with van der Waals surface area (Å²) in [4.78, 5) is 38.3. The minimum absolute atomic E-state index is 0.0915. The highest BCUT2D eigenvalue weighted by Gasteiger charge is 2.29. The Morgan fingerprint density at radius 2 is 1.48 bits per heavy atom. The maximum Gasteiger partial charge on any atom is 0.295 e. The van der Waals surface area contributed by atoms with Gasteiger partial charge in [-0.2, -0.15) is 8.42 Å². The zero-order valence-corrected chi connectivity index (χ0v) is 27.9. The Morgan fingerprint density at radius 3 is 2.17 bits per heavy atom. The molecule has 2 fully saturated rings. The van der Waals surface area contributed by atoms with E-state index in [9.17, 15) is 18.0 Å². The van der Waals surface area contributed by atoms with Crippen molar-refractivity contribution >= 4 is 50.7 Å². The smallest absolute Gasteiger partial charge is 0.295 e. The van der Waals surface area contributed by atoms with Gasteiger partial charge in [0.25, 0.3) is 15.9 Å². The lowest BCUT2D eigenvalue weighted by Crippen LogP contribution is -2.42. The van der Waals surface area contributed by atoms with Crippen LogP contribution >= 0.6 is 23.2 Å². The van der Waals surface area contributed by atoms with E-state index in [1.807, 2.05) is 4.90 Å². The predicted octanol–water partition coefficient (Wildman–Crippen LogP) is 4.93. The van der Waals surface area contributed by atoms with Crippen LogP contribution in [0.1, 0.15) is 36.0 Å². The first-order valence-electron chi connectivity index (χ1n) is 15.5. The number of carbonyl (C=O) groups excluding carboxylic acids is 2. The van der Waals surface area contributed by atoms with Crippen molar-refractivity contribution in [1.82, 2.24) is 20.0 Å². The number of hydrogen-bond donors (Lipinski definition) is 1. The second-order valence-corrected chi connectivity index (χ2v) is 14.0. The highest BCUT2D eigenvalue weighted by atomic mass is 35.5. The maximum atomic E-state index is 13.7. The Bertz CT molecular complexity index is 1590. The second-order valence-electron chi connectivity index (χ2n) is 11.4. The molecule has 1 N–H and O–H groups in total. The van der Waals surface area contributed by atoms with Gasteiger partial charge in [-0.25, -0.2) is 0 Å². The number of benzene rings is 3. The van der Waals surface area contributed by atoms with E-state index in [0.717, 1.165) is 43.5 Å². The van der Waals surface area contributed by atoms with E-state index in [1.165, 1.54) is 68.4 Å². The zero-order chi connectivity index (χ0) is 32.5. The minimum Gasteiger partial charge on any atom is -0.363 e. The normalized spacial score (nSPS) is 16.2. The van der Waals surface area contributed by atoms with Crippen LogP contribution in [0.25, 0.3) is 0 Å². The van der Waals surface area contributed by atoms with Gasteiger partial charge in [-0.15, -0.1) is 0 Å². The van der Waals surface area contributed by atoms with E-state index in [0.29, 0.717) is 18.1 Å². The molecule has 10 nitrogen and oxygen atoms in total. The van der Waals surface area contributed by atoms with E-state index in [4.69, 9.17) is 28.0 Å². The molecule has 5 rings (SSSR count). The largest absolute Gasteiger partial charge is 0.363 e. The van der Waals surface area contributed by atoms with Crippen LogP contribution in [-0.4, -0.2) is 93.8 Å². The zero-order valence-electron chi connectivity index (χ0n) is 25.6. The molecule has 2 amide bonds. The quantitative estimate of drug-likeness (QED) is 0.270. The summed E-state index contributed by atoms with van der Waals surface area (Å²) < 4.78 is 28.2. The Kier molecular flexibility index (Phi) is 11.8. The van der Waals surface area contributed by atoms with Gasteiger partial charge in [-0.3, -0.25) is 9.59 Å². The number of sulfonamides is 1. The average molecular weight is 689 g/mol. The highest BCUT2D eigenvalue weighted by Crippen LogP contribution is 2.32. The van der Waals surface area contributed by atoms with Crippen LogP contribution in [0.3, 0.4) is 0 Å². The number of nitrogens with zero attached hydrogens (tertiary/aromatic N) is 4. The summed E-state index contributed by atoms with van der Waals surface area (Å²) in [7, 11) is -4.26. The number of hydrogen-bond acceptors (Lipinski definition) is 7. The lowest BCUT2D eigenvalue weighted by molar-refractivity contribution is -0.130. The summed E-state index contributed by atoms with van der Waals surface area (Å²) >= 11 is 12.3. The first-order chi connectivity index (χ1) is 22.2. The summed E-state index contributed by atoms with van der Waals surface area (Å²) in [6.07, 6.45) is 4.64. The molecule has 246 valence electrons. The molecular formula is C33H39Cl2N5O5S. The van der Waals surface area contributed by atoms with Crippen LogP contribution in [0.15, 0.2) is 77.7 Å². The van der Waals surface area contributed by atoms with E-state index in [-0.39, 0.29) is 39.4 Å². The molecule has 0 radical (unpaired) electrons. The third kappa shape index (κ3) is 8.92. The molecule has 0 unspecified atom stereocenters. The number of amides is 2. The lowest BCUT2D eigenvalue weighted by atomic mass is 10.2. The van der Waals surface area contributed by atoms with Gasteiger partial charge in [-0.05, 0) is 113 Å². The summed E-state index contributed by atoms with van der Waals surface area (Å²) in [5, 5.41) is 3.19. The fourth-order valence-electron chi connectivity index (χ4n) is 5.64. The molecule has 0 atom stereocenters. The Hall–Kier alpha value is -3.35.